The Bertz CT molecular complexity index is 1050. The van der Waals surface area contributed by atoms with Crippen LogP contribution in [0.3, 0.4) is 0 Å². The van der Waals surface area contributed by atoms with Gasteiger partial charge in [0, 0.05) is 49.7 Å². The molecule has 31 heavy (non-hydrogen) atoms. The van der Waals surface area contributed by atoms with Crippen molar-refractivity contribution in [3.63, 3.8) is 0 Å². The number of halogens is 1. The van der Waals surface area contributed by atoms with Crippen molar-refractivity contribution >= 4 is 23.4 Å². The first-order valence-corrected chi connectivity index (χ1v) is 11.6. The summed E-state index contributed by atoms with van der Waals surface area (Å²) in [6.45, 7) is 5.22. The first-order valence-electron chi connectivity index (χ1n) is 10.5. The maximum atomic E-state index is 13.9. The third kappa shape index (κ3) is 5.74. The number of benzene rings is 2. The Morgan fingerprint density at radius 2 is 2.03 bits per heavy atom. The van der Waals surface area contributed by atoms with Crippen LogP contribution in [-0.2, 0) is 17.8 Å². The summed E-state index contributed by atoms with van der Waals surface area (Å²) in [5, 5.41) is 2.97. The number of nitrogens with one attached hydrogen (secondary N) is 1. The normalized spacial score (nSPS) is 14.5. The zero-order chi connectivity index (χ0) is 21.6. The summed E-state index contributed by atoms with van der Waals surface area (Å²) < 4.78 is 19.5. The van der Waals surface area contributed by atoms with Crippen LogP contribution in [0.1, 0.15) is 23.4 Å². The molecule has 5 nitrogen and oxygen atoms in total. The molecule has 1 fully saturated rings. The first kappa shape index (κ1) is 21.6. The van der Waals surface area contributed by atoms with Gasteiger partial charge in [0.15, 0.2) is 11.7 Å². The maximum absolute atomic E-state index is 13.9. The molecule has 1 saturated heterocycles. The highest BCUT2D eigenvalue weighted by atomic mass is 32.2. The summed E-state index contributed by atoms with van der Waals surface area (Å²) >= 11 is 2.01. The van der Waals surface area contributed by atoms with Crippen LogP contribution >= 0.6 is 11.8 Å². The fraction of sp³-hybridized carbons (Fsp3) is 0.333. The summed E-state index contributed by atoms with van der Waals surface area (Å²) in [7, 11) is 0. The minimum Gasteiger partial charge on any atom is -0.441 e. The van der Waals surface area contributed by atoms with E-state index in [1.807, 2.05) is 24.8 Å². The zero-order valence-corrected chi connectivity index (χ0v) is 18.4. The topological polar surface area (TPSA) is 58.4 Å². The van der Waals surface area contributed by atoms with E-state index in [0.29, 0.717) is 23.6 Å². The third-order valence-electron chi connectivity index (χ3n) is 5.33. The number of rotatable bonds is 7. The second-order valence-corrected chi connectivity index (χ2v) is 8.91. The lowest BCUT2D eigenvalue weighted by Crippen LogP contribution is -2.31. The molecular formula is C24H26FN3O2S. The molecule has 0 bridgehead atoms. The smallest absolute Gasteiger partial charge is 0.224 e. The van der Waals surface area contributed by atoms with E-state index in [9.17, 15) is 9.18 Å². The van der Waals surface area contributed by atoms with Gasteiger partial charge in [-0.1, -0.05) is 24.3 Å². The van der Waals surface area contributed by atoms with Crippen molar-refractivity contribution in [2.45, 2.75) is 26.3 Å². The number of carbonyl (C=O) groups excluding carboxylic acids is 1. The van der Waals surface area contributed by atoms with E-state index in [2.05, 4.69) is 27.3 Å². The number of thioether (sulfide) groups is 1. The molecule has 4 rings (SSSR count). The summed E-state index contributed by atoms with van der Waals surface area (Å²) in [5.41, 5.74) is 3.50. The number of aromatic nitrogens is 1. The van der Waals surface area contributed by atoms with Crippen molar-refractivity contribution in [3.8, 4) is 11.3 Å². The van der Waals surface area contributed by atoms with Crippen molar-refractivity contribution in [1.29, 1.82) is 0 Å². The van der Waals surface area contributed by atoms with Crippen molar-refractivity contribution in [2.24, 2.45) is 0 Å². The predicted molar refractivity (Wildman–Crippen MR) is 123 cm³/mol. The molecule has 1 aromatic heterocycles. The minimum absolute atomic E-state index is 0.102. The molecule has 2 heterocycles. The number of oxazole rings is 1. The van der Waals surface area contributed by atoms with Gasteiger partial charge < -0.3 is 9.73 Å². The SMILES string of the molecule is Cc1cc(CN2CCSCC2)ccc1NC(=O)CCc1ncc(-c2ccccc2F)o1. The second kappa shape index (κ2) is 10.1. The van der Waals surface area contributed by atoms with Crippen LogP contribution in [-0.4, -0.2) is 40.4 Å². The lowest BCUT2D eigenvalue weighted by atomic mass is 10.1. The molecule has 0 aliphatic carbocycles. The standard InChI is InChI=1S/C24H26FN3O2S/c1-17-14-18(16-28-10-12-31-13-11-28)6-7-21(17)27-23(29)8-9-24-26-15-22(30-24)19-4-2-3-5-20(19)25/h2-7,14-15H,8-13,16H2,1H3,(H,27,29). The van der Waals surface area contributed by atoms with Crippen LogP contribution in [0.2, 0.25) is 0 Å². The number of hydrogen-bond acceptors (Lipinski definition) is 5. The van der Waals surface area contributed by atoms with Crippen LogP contribution in [0.15, 0.2) is 53.1 Å². The minimum atomic E-state index is -0.360. The van der Waals surface area contributed by atoms with Gasteiger partial charge in [-0.2, -0.15) is 11.8 Å². The molecule has 0 spiro atoms. The Kier molecular flexibility index (Phi) is 7.04. The monoisotopic (exact) mass is 439 g/mol. The van der Waals surface area contributed by atoms with Gasteiger partial charge in [-0.25, -0.2) is 9.37 Å². The molecule has 1 aliphatic rings. The highest BCUT2D eigenvalue weighted by Crippen LogP contribution is 2.24. The Labute approximate surface area is 186 Å². The molecule has 7 heteroatoms. The highest BCUT2D eigenvalue weighted by Gasteiger charge is 2.14. The van der Waals surface area contributed by atoms with Gasteiger partial charge in [0.2, 0.25) is 5.91 Å². The maximum Gasteiger partial charge on any atom is 0.224 e. The van der Waals surface area contributed by atoms with Crippen LogP contribution in [0.5, 0.6) is 0 Å². The Hall–Kier alpha value is -2.64. The summed E-state index contributed by atoms with van der Waals surface area (Å²) in [6, 6.07) is 12.6. The number of carbonyl (C=O) groups is 1. The van der Waals surface area contributed by atoms with E-state index in [1.165, 1.54) is 29.3 Å². The Morgan fingerprint density at radius 1 is 1.23 bits per heavy atom. The van der Waals surface area contributed by atoms with Crippen molar-refractivity contribution in [2.75, 3.05) is 29.9 Å². The molecule has 1 amide bonds. The van der Waals surface area contributed by atoms with Crippen LogP contribution in [0, 0.1) is 12.7 Å². The second-order valence-electron chi connectivity index (χ2n) is 7.68. The summed E-state index contributed by atoms with van der Waals surface area (Å²) in [5.74, 6) is 2.71. The van der Waals surface area contributed by atoms with Gasteiger partial charge >= 0.3 is 0 Å². The molecule has 162 valence electrons. The zero-order valence-electron chi connectivity index (χ0n) is 17.6. The molecule has 0 saturated carbocycles. The van der Waals surface area contributed by atoms with E-state index in [0.717, 1.165) is 30.9 Å². The van der Waals surface area contributed by atoms with E-state index >= 15 is 0 Å². The van der Waals surface area contributed by atoms with Crippen molar-refractivity contribution in [1.82, 2.24) is 9.88 Å². The van der Waals surface area contributed by atoms with E-state index in [4.69, 9.17) is 4.42 Å². The molecule has 0 unspecified atom stereocenters. The van der Waals surface area contributed by atoms with Gasteiger partial charge in [-0.15, -0.1) is 0 Å². The van der Waals surface area contributed by atoms with E-state index in [1.54, 1.807) is 18.2 Å². The molecule has 1 aliphatic heterocycles. The Morgan fingerprint density at radius 3 is 2.81 bits per heavy atom. The molecule has 1 N–H and O–H groups in total. The number of hydrogen-bond donors (Lipinski definition) is 1. The van der Waals surface area contributed by atoms with E-state index in [-0.39, 0.29) is 18.1 Å². The third-order valence-corrected chi connectivity index (χ3v) is 6.28. The molecule has 0 radical (unpaired) electrons. The predicted octanol–water partition coefficient (Wildman–Crippen LogP) is 4.91. The van der Waals surface area contributed by atoms with Gasteiger partial charge in [-0.05, 0) is 36.2 Å². The van der Waals surface area contributed by atoms with Gasteiger partial charge in [0.25, 0.3) is 0 Å². The van der Waals surface area contributed by atoms with Crippen molar-refractivity contribution in [3.05, 3.63) is 71.5 Å². The van der Waals surface area contributed by atoms with Crippen LogP contribution < -0.4 is 5.32 Å². The average molecular weight is 440 g/mol. The Balaban J connectivity index is 1.30. The van der Waals surface area contributed by atoms with E-state index < -0.39 is 0 Å². The largest absolute Gasteiger partial charge is 0.441 e. The summed E-state index contributed by atoms with van der Waals surface area (Å²) in [4.78, 5) is 19.1. The number of nitrogens with zero attached hydrogens (tertiary/aromatic N) is 2. The quantitative estimate of drug-likeness (QED) is 0.567. The van der Waals surface area contributed by atoms with Gasteiger partial charge in [0.05, 0.1) is 11.8 Å². The molecule has 0 atom stereocenters. The number of anilines is 1. The van der Waals surface area contributed by atoms with Gasteiger partial charge in [0.1, 0.15) is 5.82 Å². The molecule has 2 aromatic carbocycles. The van der Waals surface area contributed by atoms with Crippen LogP contribution in [0.25, 0.3) is 11.3 Å². The summed E-state index contributed by atoms with van der Waals surface area (Å²) in [6.07, 6.45) is 2.09. The number of aryl methyl sites for hydroxylation is 2. The van der Waals surface area contributed by atoms with Crippen LogP contribution in [0.4, 0.5) is 10.1 Å². The molecule has 3 aromatic rings. The first-order chi connectivity index (χ1) is 15.1. The lowest BCUT2D eigenvalue weighted by Gasteiger charge is -2.26. The highest BCUT2D eigenvalue weighted by molar-refractivity contribution is 7.99. The average Bonchev–Trinajstić information content (AvgIpc) is 3.24. The van der Waals surface area contributed by atoms with Gasteiger partial charge in [-0.3, -0.25) is 9.69 Å². The van der Waals surface area contributed by atoms with Crippen molar-refractivity contribution < 1.29 is 13.6 Å². The lowest BCUT2D eigenvalue weighted by molar-refractivity contribution is -0.116. The molecular weight excluding hydrogens is 413 g/mol. The number of amides is 1. The fourth-order valence-electron chi connectivity index (χ4n) is 3.63. The fourth-order valence-corrected chi connectivity index (χ4v) is 4.61.